The lowest BCUT2D eigenvalue weighted by atomic mass is 10.1. The predicted molar refractivity (Wildman–Crippen MR) is 125 cm³/mol. The summed E-state index contributed by atoms with van der Waals surface area (Å²) in [5, 5.41) is 0.610. The van der Waals surface area contributed by atoms with Crippen LogP contribution in [0.25, 0.3) is 5.57 Å². The number of carbonyl (C=O) groups is 2. The Balaban J connectivity index is 1.79. The van der Waals surface area contributed by atoms with Crippen molar-refractivity contribution < 1.29 is 14.3 Å². The van der Waals surface area contributed by atoms with Gasteiger partial charge in [0.1, 0.15) is 5.75 Å². The minimum Gasteiger partial charge on any atom is -0.491 e. The van der Waals surface area contributed by atoms with Gasteiger partial charge in [0.25, 0.3) is 11.8 Å². The van der Waals surface area contributed by atoms with Crippen LogP contribution < -0.4 is 9.64 Å². The summed E-state index contributed by atoms with van der Waals surface area (Å²) in [6, 6.07) is 23.6. The first-order chi connectivity index (χ1) is 15.1. The molecule has 3 aromatic carbocycles. The molecule has 156 valence electrons. The molecule has 3 aromatic rings. The molecule has 0 saturated carbocycles. The number of carbonyl (C=O) groups excluding carboxylic acids is 2. The Hall–Kier alpha value is -3.02. The maximum atomic E-state index is 13.6. The molecule has 4 nitrogen and oxygen atoms in total. The van der Waals surface area contributed by atoms with Gasteiger partial charge in [-0.15, -0.1) is 0 Å². The third-order valence-electron chi connectivity index (χ3n) is 4.71. The van der Waals surface area contributed by atoms with Gasteiger partial charge in [-0.2, -0.15) is 0 Å². The number of para-hydroxylation sites is 2. The molecule has 0 aliphatic carbocycles. The van der Waals surface area contributed by atoms with Gasteiger partial charge in [0.15, 0.2) is 0 Å². The normalized spacial score (nSPS) is 13.8. The van der Waals surface area contributed by atoms with Gasteiger partial charge in [-0.25, -0.2) is 4.90 Å². The van der Waals surface area contributed by atoms with Crippen LogP contribution in [0, 0.1) is 0 Å². The average Bonchev–Trinajstić information content (AvgIpc) is 3.04. The molecule has 0 fully saturated rings. The Labute approximate surface area is 190 Å². The van der Waals surface area contributed by atoms with Gasteiger partial charge in [-0.1, -0.05) is 72.8 Å². The number of benzene rings is 3. The lowest BCUT2D eigenvalue weighted by molar-refractivity contribution is -0.119. The maximum Gasteiger partial charge on any atom is 0.273 e. The fourth-order valence-electron chi connectivity index (χ4n) is 3.28. The van der Waals surface area contributed by atoms with Gasteiger partial charge in [0.2, 0.25) is 0 Å². The van der Waals surface area contributed by atoms with Gasteiger partial charge >= 0.3 is 0 Å². The number of nitrogens with zero attached hydrogens (tertiary/aromatic N) is 1. The molecule has 6 heteroatoms. The number of ether oxygens (including phenoxy) is 1. The van der Waals surface area contributed by atoms with E-state index >= 15 is 0 Å². The van der Waals surface area contributed by atoms with Crippen molar-refractivity contribution in [1.29, 1.82) is 0 Å². The van der Waals surface area contributed by atoms with Gasteiger partial charge < -0.3 is 4.74 Å². The first-order valence-corrected chi connectivity index (χ1v) is 11.1. The summed E-state index contributed by atoms with van der Waals surface area (Å²) in [5.41, 5.74) is 1.54. The fourth-order valence-corrected chi connectivity index (χ4v) is 4.40. The van der Waals surface area contributed by atoms with Crippen LogP contribution in [0.3, 0.4) is 0 Å². The Morgan fingerprint density at radius 3 is 2.26 bits per heavy atom. The van der Waals surface area contributed by atoms with Crippen molar-refractivity contribution >= 4 is 46.4 Å². The van der Waals surface area contributed by atoms with Crippen molar-refractivity contribution in [3.05, 3.63) is 94.4 Å². The number of thioether (sulfide) groups is 1. The highest BCUT2D eigenvalue weighted by Crippen LogP contribution is 2.43. The maximum absolute atomic E-state index is 13.6. The van der Waals surface area contributed by atoms with Gasteiger partial charge in [0, 0.05) is 9.92 Å². The van der Waals surface area contributed by atoms with Crippen LogP contribution >= 0.6 is 23.4 Å². The largest absolute Gasteiger partial charge is 0.491 e. The van der Waals surface area contributed by atoms with Crippen molar-refractivity contribution in [2.75, 3.05) is 11.5 Å². The number of hydrogen-bond acceptors (Lipinski definition) is 4. The van der Waals surface area contributed by atoms with Crippen LogP contribution in [0.5, 0.6) is 5.75 Å². The van der Waals surface area contributed by atoms with Crippen molar-refractivity contribution in [3.8, 4) is 5.75 Å². The molecule has 1 aliphatic heterocycles. The number of anilines is 1. The lowest BCUT2D eigenvalue weighted by Crippen LogP contribution is -2.31. The van der Waals surface area contributed by atoms with Gasteiger partial charge in [-0.05, 0) is 48.4 Å². The summed E-state index contributed by atoms with van der Waals surface area (Å²) >= 11 is 7.27. The summed E-state index contributed by atoms with van der Waals surface area (Å²) in [7, 11) is 0. The lowest BCUT2D eigenvalue weighted by Gasteiger charge is -2.19. The zero-order valence-electron chi connectivity index (χ0n) is 16.9. The molecular weight excluding hydrogens is 430 g/mol. The van der Waals surface area contributed by atoms with Gasteiger partial charge in [0.05, 0.1) is 22.8 Å². The highest BCUT2D eigenvalue weighted by Gasteiger charge is 2.41. The second-order valence-electron chi connectivity index (χ2n) is 6.89. The number of rotatable bonds is 7. The van der Waals surface area contributed by atoms with Crippen molar-refractivity contribution in [3.63, 3.8) is 0 Å². The minimum absolute atomic E-state index is 0.361. The summed E-state index contributed by atoms with van der Waals surface area (Å²) in [5.74, 6) is -0.215. The molecule has 0 atom stereocenters. The first-order valence-electron chi connectivity index (χ1n) is 9.94. The molecule has 0 spiro atoms. The molecule has 0 N–H and O–H groups in total. The van der Waals surface area contributed by atoms with E-state index in [0.717, 1.165) is 11.3 Å². The smallest absolute Gasteiger partial charge is 0.273 e. The summed E-state index contributed by atoms with van der Waals surface area (Å²) in [6.07, 6.45) is 0.821. The minimum atomic E-state index is -0.364. The van der Waals surface area contributed by atoms with Crippen LogP contribution in [0.15, 0.2) is 88.7 Å². The standard InChI is InChI=1S/C25H20ClNO3S/c1-2-16-30-21-11-7-6-10-20(21)27-24(28)22(17-8-4-3-5-9-17)23(25(27)29)31-19-14-12-18(26)13-15-19/h3-15H,2,16H2,1H3. The van der Waals surface area contributed by atoms with E-state index in [4.69, 9.17) is 16.3 Å². The molecule has 0 unspecified atom stereocenters. The molecule has 0 bridgehead atoms. The van der Waals surface area contributed by atoms with Crippen LogP contribution in [-0.2, 0) is 9.59 Å². The Bertz CT molecular complexity index is 1140. The first kappa shape index (κ1) is 21.2. The zero-order chi connectivity index (χ0) is 21.8. The quantitative estimate of drug-likeness (QED) is 0.402. The van der Waals surface area contributed by atoms with Crippen molar-refractivity contribution in [2.24, 2.45) is 0 Å². The Kier molecular flexibility index (Phi) is 6.44. The van der Waals surface area contributed by atoms with E-state index in [-0.39, 0.29) is 11.8 Å². The highest BCUT2D eigenvalue weighted by atomic mass is 35.5. The Morgan fingerprint density at radius 2 is 1.55 bits per heavy atom. The van der Waals surface area contributed by atoms with Crippen LogP contribution in [0.2, 0.25) is 5.02 Å². The molecule has 31 heavy (non-hydrogen) atoms. The third kappa shape index (κ3) is 4.38. The SMILES string of the molecule is CCCOc1ccccc1N1C(=O)C(Sc2ccc(Cl)cc2)=C(c2ccccc2)C1=O. The Morgan fingerprint density at radius 1 is 0.871 bits per heavy atom. The molecule has 0 radical (unpaired) electrons. The second kappa shape index (κ2) is 9.41. The van der Waals surface area contributed by atoms with Crippen molar-refractivity contribution in [1.82, 2.24) is 0 Å². The van der Waals surface area contributed by atoms with Crippen LogP contribution in [0.4, 0.5) is 5.69 Å². The highest BCUT2D eigenvalue weighted by molar-refractivity contribution is 8.04. The fraction of sp³-hybridized carbons (Fsp3) is 0.120. The van der Waals surface area contributed by atoms with Crippen LogP contribution in [0.1, 0.15) is 18.9 Å². The number of hydrogen-bond donors (Lipinski definition) is 0. The number of halogens is 1. The predicted octanol–water partition coefficient (Wildman–Crippen LogP) is 6.21. The number of amides is 2. The van der Waals surface area contributed by atoms with Gasteiger partial charge in [-0.3, -0.25) is 9.59 Å². The summed E-state index contributed by atoms with van der Waals surface area (Å²) in [6.45, 7) is 2.50. The number of imide groups is 1. The van der Waals surface area contributed by atoms with E-state index in [1.807, 2.05) is 55.5 Å². The van der Waals surface area contributed by atoms with E-state index in [9.17, 15) is 9.59 Å². The molecular formula is C25H20ClNO3S. The summed E-state index contributed by atoms with van der Waals surface area (Å²) < 4.78 is 5.82. The molecule has 1 heterocycles. The molecule has 4 rings (SSSR count). The van der Waals surface area contributed by atoms with E-state index < -0.39 is 0 Å². The van der Waals surface area contributed by atoms with E-state index in [2.05, 4.69) is 0 Å². The van der Waals surface area contributed by atoms with Crippen molar-refractivity contribution in [2.45, 2.75) is 18.2 Å². The van der Waals surface area contributed by atoms with E-state index in [1.54, 1.807) is 30.3 Å². The average molecular weight is 450 g/mol. The topological polar surface area (TPSA) is 46.6 Å². The molecule has 0 aromatic heterocycles. The third-order valence-corrected chi connectivity index (χ3v) is 6.05. The van der Waals surface area contributed by atoms with E-state index in [1.165, 1.54) is 16.7 Å². The van der Waals surface area contributed by atoms with E-state index in [0.29, 0.717) is 39.1 Å². The second-order valence-corrected chi connectivity index (χ2v) is 8.41. The molecule has 1 aliphatic rings. The molecule has 2 amide bonds. The molecule has 0 saturated heterocycles. The monoisotopic (exact) mass is 449 g/mol. The zero-order valence-corrected chi connectivity index (χ0v) is 18.5. The summed E-state index contributed by atoms with van der Waals surface area (Å²) in [4.78, 5) is 29.5. The van der Waals surface area contributed by atoms with Crippen LogP contribution in [-0.4, -0.2) is 18.4 Å².